The predicted molar refractivity (Wildman–Crippen MR) is 136 cm³/mol. The van der Waals surface area contributed by atoms with Gasteiger partial charge in [-0.15, -0.1) is 5.06 Å². The SMILES string of the molecule is Cn1c(=O)n(C2CCC(=O)NC2=O)c2cccc(N3CC4(CCN(OC(=O)c5ccccc5)CC4(F)F)C3)c21. The van der Waals surface area contributed by atoms with Crippen molar-refractivity contribution in [2.45, 2.75) is 31.2 Å². The van der Waals surface area contributed by atoms with E-state index in [-0.39, 0.29) is 44.8 Å². The Balaban J connectivity index is 1.22. The van der Waals surface area contributed by atoms with Gasteiger partial charge in [0.1, 0.15) is 6.04 Å². The van der Waals surface area contributed by atoms with Crippen LogP contribution in [0.1, 0.15) is 35.7 Å². The van der Waals surface area contributed by atoms with Gasteiger partial charge in [0.25, 0.3) is 5.92 Å². The van der Waals surface area contributed by atoms with Crippen LogP contribution in [0, 0.1) is 5.41 Å². The summed E-state index contributed by atoms with van der Waals surface area (Å²) in [6.45, 7) is -0.390. The Hall–Kier alpha value is -4.06. The summed E-state index contributed by atoms with van der Waals surface area (Å²) in [5, 5.41) is 3.32. The molecule has 1 spiro atoms. The third kappa shape index (κ3) is 4.01. The zero-order valence-corrected chi connectivity index (χ0v) is 21.2. The lowest BCUT2D eigenvalue weighted by Gasteiger charge is -2.57. The topological polar surface area (TPSA) is 106 Å². The zero-order chi connectivity index (χ0) is 27.5. The number of piperidine rings is 2. The summed E-state index contributed by atoms with van der Waals surface area (Å²) in [4.78, 5) is 56.7. The average molecular weight is 540 g/mol. The van der Waals surface area contributed by atoms with Gasteiger partial charge in [0.15, 0.2) is 0 Å². The van der Waals surface area contributed by atoms with Gasteiger partial charge in [0.2, 0.25) is 11.8 Å². The second kappa shape index (κ2) is 9.01. The number of nitrogens with zero attached hydrogens (tertiary/aromatic N) is 4. The van der Waals surface area contributed by atoms with Gasteiger partial charge >= 0.3 is 11.7 Å². The van der Waals surface area contributed by atoms with Gasteiger partial charge in [0.05, 0.1) is 34.2 Å². The Morgan fingerprint density at radius 2 is 1.77 bits per heavy atom. The molecule has 1 N–H and O–H groups in total. The molecule has 4 heterocycles. The number of hydrogen-bond donors (Lipinski definition) is 1. The van der Waals surface area contributed by atoms with Crippen molar-refractivity contribution < 1.29 is 28.0 Å². The Morgan fingerprint density at radius 3 is 2.46 bits per heavy atom. The second-order valence-corrected chi connectivity index (χ2v) is 10.5. The molecule has 0 bridgehead atoms. The molecule has 0 aliphatic carbocycles. The van der Waals surface area contributed by atoms with Gasteiger partial charge < -0.3 is 9.74 Å². The lowest BCUT2D eigenvalue weighted by molar-refractivity contribution is -0.243. The molecule has 3 aliphatic rings. The fraction of sp³-hybridized carbons (Fsp3) is 0.407. The Kier molecular flexibility index (Phi) is 5.83. The molecule has 3 aliphatic heterocycles. The predicted octanol–water partition coefficient (Wildman–Crippen LogP) is 2.24. The van der Waals surface area contributed by atoms with E-state index in [1.54, 1.807) is 55.6 Å². The first-order chi connectivity index (χ1) is 18.6. The summed E-state index contributed by atoms with van der Waals surface area (Å²) >= 11 is 0. The number of nitrogens with one attached hydrogen (secondary N) is 1. The summed E-state index contributed by atoms with van der Waals surface area (Å²) in [5.74, 6) is -4.70. The molecule has 6 rings (SSSR count). The van der Waals surface area contributed by atoms with Gasteiger partial charge in [0, 0.05) is 33.1 Å². The van der Waals surface area contributed by atoms with Crippen LogP contribution in [0.15, 0.2) is 53.3 Å². The smallest absolute Gasteiger partial charge is 0.357 e. The van der Waals surface area contributed by atoms with E-state index in [0.717, 1.165) is 5.06 Å². The number of fused-ring (bicyclic) bond motifs is 1. The monoisotopic (exact) mass is 539 g/mol. The summed E-state index contributed by atoms with van der Waals surface area (Å²) in [5.41, 5.74) is 0.248. The van der Waals surface area contributed by atoms with Gasteiger partial charge in [-0.1, -0.05) is 24.3 Å². The highest BCUT2D eigenvalue weighted by Crippen LogP contribution is 2.52. The zero-order valence-electron chi connectivity index (χ0n) is 21.2. The maximum atomic E-state index is 15.5. The number of carbonyl (C=O) groups excluding carboxylic acids is 3. The van der Waals surface area contributed by atoms with Crippen LogP contribution in [0.3, 0.4) is 0 Å². The van der Waals surface area contributed by atoms with E-state index in [1.807, 2.05) is 4.90 Å². The van der Waals surface area contributed by atoms with Crippen LogP contribution in [0.25, 0.3) is 11.0 Å². The number of para-hydroxylation sites is 1. The van der Waals surface area contributed by atoms with Crippen molar-refractivity contribution in [1.29, 1.82) is 0 Å². The van der Waals surface area contributed by atoms with Crippen LogP contribution in [0.5, 0.6) is 0 Å². The fourth-order valence-electron chi connectivity index (χ4n) is 5.96. The summed E-state index contributed by atoms with van der Waals surface area (Å²) in [7, 11) is 1.58. The van der Waals surface area contributed by atoms with Crippen molar-refractivity contribution in [3.05, 3.63) is 64.6 Å². The van der Waals surface area contributed by atoms with Crippen molar-refractivity contribution in [1.82, 2.24) is 19.5 Å². The van der Waals surface area contributed by atoms with E-state index < -0.39 is 41.5 Å². The lowest BCUT2D eigenvalue weighted by Crippen LogP contribution is -2.70. The van der Waals surface area contributed by atoms with Crippen molar-refractivity contribution in [2.24, 2.45) is 12.5 Å². The van der Waals surface area contributed by atoms with E-state index in [4.69, 9.17) is 4.84 Å². The number of amides is 2. The minimum absolute atomic E-state index is 0.0668. The molecule has 3 fully saturated rings. The van der Waals surface area contributed by atoms with E-state index in [0.29, 0.717) is 22.3 Å². The molecule has 3 saturated heterocycles. The quantitative estimate of drug-likeness (QED) is 0.507. The van der Waals surface area contributed by atoms with E-state index >= 15 is 8.78 Å². The molecule has 39 heavy (non-hydrogen) atoms. The molecule has 0 saturated carbocycles. The molecule has 204 valence electrons. The van der Waals surface area contributed by atoms with Crippen LogP contribution in [-0.4, -0.2) is 64.1 Å². The third-order valence-electron chi connectivity index (χ3n) is 8.14. The lowest BCUT2D eigenvalue weighted by atomic mass is 9.69. The van der Waals surface area contributed by atoms with Crippen molar-refractivity contribution >= 4 is 34.5 Å². The molecule has 12 heteroatoms. The fourth-order valence-corrected chi connectivity index (χ4v) is 5.96. The second-order valence-electron chi connectivity index (χ2n) is 10.5. The third-order valence-corrected chi connectivity index (χ3v) is 8.14. The number of alkyl halides is 2. The number of aromatic nitrogens is 2. The van der Waals surface area contributed by atoms with Gasteiger partial charge in [-0.25, -0.2) is 18.4 Å². The van der Waals surface area contributed by atoms with Crippen LogP contribution >= 0.6 is 0 Å². The number of rotatable bonds is 4. The molecule has 10 nitrogen and oxygen atoms in total. The number of benzene rings is 2. The molecule has 2 amide bonds. The van der Waals surface area contributed by atoms with Crippen LogP contribution < -0.4 is 15.9 Å². The van der Waals surface area contributed by atoms with Gasteiger partial charge in [-0.3, -0.25) is 24.0 Å². The first-order valence-corrected chi connectivity index (χ1v) is 12.8. The Labute approximate surface area is 221 Å². The molecule has 0 radical (unpaired) electrons. The number of imide groups is 1. The first kappa shape index (κ1) is 25.2. The number of halogens is 2. The minimum atomic E-state index is -3.11. The highest BCUT2D eigenvalue weighted by molar-refractivity contribution is 6.00. The van der Waals surface area contributed by atoms with Gasteiger partial charge in [-0.05, 0) is 37.1 Å². The highest BCUT2D eigenvalue weighted by atomic mass is 19.3. The molecule has 2 aromatic carbocycles. The molecule has 1 unspecified atom stereocenters. The number of hydroxylamine groups is 2. The Bertz CT molecular complexity index is 1540. The molecular formula is C27H27F2N5O5. The number of anilines is 1. The van der Waals surface area contributed by atoms with Gasteiger partial charge in [-0.2, -0.15) is 0 Å². The minimum Gasteiger partial charge on any atom is -0.368 e. The maximum Gasteiger partial charge on any atom is 0.357 e. The van der Waals surface area contributed by atoms with E-state index in [1.165, 1.54) is 9.13 Å². The number of imidazole rings is 1. The number of aryl methyl sites for hydroxylation is 1. The summed E-state index contributed by atoms with van der Waals surface area (Å²) in [6.07, 6.45) is 0.462. The van der Waals surface area contributed by atoms with Crippen molar-refractivity contribution in [3.8, 4) is 0 Å². The van der Waals surface area contributed by atoms with Crippen LogP contribution in [-0.2, 0) is 21.5 Å². The molecule has 1 atom stereocenters. The molecule has 1 aromatic heterocycles. The van der Waals surface area contributed by atoms with E-state index in [9.17, 15) is 19.2 Å². The first-order valence-electron chi connectivity index (χ1n) is 12.8. The Morgan fingerprint density at radius 1 is 1.03 bits per heavy atom. The normalized spacial score (nSPS) is 22.5. The van der Waals surface area contributed by atoms with Crippen LogP contribution in [0.2, 0.25) is 0 Å². The van der Waals surface area contributed by atoms with E-state index in [2.05, 4.69) is 5.32 Å². The van der Waals surface area contributed by atoms with Crippen LogP contribution in [0.4, 0.5) is 14.5 Å². The molecular weight excluding hydrogens is 512 g/mol. The average Bonchev–Trinajstić information content (AvgIpc) is 3.13. The molecule has 3 aromatic rings. The largest absolute Gasteiger partial charge is 0.368 e. The maximum absolute atomic E-state index is 15.5. The highest BCUT2D eigenvalue weighted by Gasteiger charge is 2.63. The standard InChI is InChI=1S/C27H27F2N5O5/c1-31-22-18(8-5-9-19(22)34(25(31)38)20-10-11-21(35)30-23(20)36)32-14-26(15-32)12-13-33(16-27(26,28)29)39-24(37)17-6-3-2-4-7-17/h2-9,20H,10-16H2,1H3,(H,30,35,36). The van der Waals surface area contributed by atoms with Crippen molar-refractivity contribution in [3.63, 3.8) is 0 Å². The number of carbonyl (C=O) groups is 3. The van der Waals surface area contributed by atoms with Crippen molar-refractivity contribution in [2.75, 3.05) is 31.1 Å². The number of hydrogen-bond acceptors (Lipinski definition) is 7. The summed E-state index contributed by atoms with van der Waals surface area (Å²) in [6, 6.07) is 12.6. The summed E-state index contributed by atoms with van der Waals surface area (Å²) < 4.78 is 33.8.